The highest BCUT2D eigenvalue weighted by atomic mass is 16.1. The number of carbonyl (C=O) groups excluding carboxylic acids is 1. The van der Waals surface area contributed by atoms with E-state index < -0.39 is 0 Å². The van der Waals surface area contributed by atoms with Crippen LogP contribution in [0.15, 0.2) is 48.9 Å². The van der Waals surface area contributed by atoms with Gasteiger partial charge in [-0.2, -0.15) is 0 Å². The van der Waals surface area contributed by atoms with Gasteiger partial charge in [0, 0.05) is 43.5 Å². The number of rotatable bonds is 5. The fourth-order valence-corrected chi connectivity index (χ4v) is 2.77. The van der Waals surface area contributed by atoms with E-state index in [2.05, 4.69) is 33.3 Å². The van der Waals surface area contributed by atoms with Crippen LogP contribution in [0.5, 0.6) is 0 Å². The number of hydrogen-bond donors (Lipinski definition) is 2. The van der Waals surface area contributed by atoms with Crippen molar-refractivity contribution in [3.8, 4) is 0 Å². The molecule has 0 aliphatic rings. The summed E-state index contributed by atoms with van der Waals surface area (Å²) < 4.78 is 0. The number of carbonyl (C=O) groups is 1. The van der Waals surface area contributed by atoms with E-state index in [1.165, 1.54) is 23.4 Å². The second kappa shape index (κ2) is 6.62. The van der Waals surface area contributed by atoms with Crippen LogP contribution in [0.4, 0.5) is 5.69 Å². The van der Waals surface area contributed by atoms with Crippen LogP contribution in [0.25, 0.3) is 10.9 Å². The molecular weight excluding hydrogens is 288 g/mol. The number of nitrogens with zero attached hydrogens (tertiary/aromatic N) is 2. The van der Waals surface area contributed by atoms with Crippen LogP contribution in [0, 0.1) is 0 Å². The third-order valence-corrected chi connectivity index (χ3v) is 3.71. The third kappa shape index (κ3) is 3.76. The molecule has 3 rings (SSSR count). The standard InChI is InChI=1S/C18H20N4O/c1-13(23)21-16-5-3-4-14(8-16)11-22(2)12-15-9-20-18-10-19-7-6-17(15)18/h3-10,20H,11-12H2,1-2H3,(H,21,23). The molecular formula is C18H20N4O. The van der Waals surface area contributed by atoms with Crippen molar-refractivity contribution in [1.82, 2.24) is 14.9 Å². The van der Waals surface area contributed by atoms with Crippen LogP contribution in [-0.4, -0.2) is 27.8 Å². The van der Waals surface area contributed by atoms with Crippen molar-refractivity contribution in [3.63, 3.8) is 0 Å². The first-order valence-corrected chi connectivity index (χ1v) is 7.57. The minimum Gasteiger partial charge on any atom is -0.360 e. The second-order valence-electron chi connectivity index (χ2n) is 5.79. The summed E-state index contributed by atoms with van der Waals surface area (Å²) in [5, 5.41) is 4.03. The van der Waals surface area contributed by atoms with Crippen molar-refractivity contribution in [2.45, 2.75) is 20.0 Å². The summed E-state index contributed by atoms with van der Waals surface area (Å²) in [6, 6.07) is 9.98. The molecule has 2 N–H and O–H groups in total. The first-order valence-electron chi connectivity index (χ1n) is 7.57. The lowest BCUT2D eigenvalue weighted by Gasteiger charge is -2.17. The zero-order valence-electron chi connectivity index (χ0n) is 13.3. The Labute approximate surface area is 135 Å². The molecule has 0 saturated heterocycles. The van der Waals surface area contributed by atoms with Gasteiger partial charge in [0.25, 0.3) is 0 Å². The van der Waals surface area contributed by atoms with Crippen molar-refractivity contribution in [2.75, 3.05) is 12.4 Å². The van der Waals surface area contributed by atoms with Crippen molar-refractivity contribution < 1.29 is 4.79 Å². The van der Waals surface area contributed by atoms with Crippen molar-refractivity contribution in [3.05, 3.63) is 60.0 Å². The van der Waals surface area contributed by atoms with Crippen LogP contribution in [0.2, 0.25) is 0 Å². The fourth-order valence-electron chi connectivity index (χ4n) is 2.77. The zero-order valence-corrected chi connectivity index (χ0v) is 13.3. The second-order valence-corrected chi connectivity index (χ2v) is 5.79. The average Bonchev–Trinajstić information content (AvgIpc) is 2.90. The molecule has 0 atom stereocenters. The fraction of sp³-hybridized carbons (Fsp3) is 0.222. The number of aromatic amines is 1. The highest BCUT2D eigenvalue weighted by molar-refractivity contribution is 5.88. The Bertz CT molecular complexity index is 825. The number of amides is 1. The molecule has 5 heteroatoms. The molecule has 5 nitrogen and oxygen atoms in total. The lowest BCUT2D eigenvalue weighted by molar-refractivity contribution is -0.114. The first-order chi connectivity index (χ1) is 11.1. The molecule has 1 aromatic carbocycles. The molecule has 1 amide bonds. The Morgan fingerprint density at radius 3 is 3.00 bits per heavy atom. The molecule has 0 saturated carbocycles. The topological polar surface area (TPSA) is 61.0 Å². The molecule has 118 valence electrons. The summed E-state index contributed by atoms with van der Waals surface area (Å²) in [6.45, 7) is 3.17. The van der Waals surface area contributed by atoms with E-state index in [0.717, 1.165) is 24.3 Å². The molecule has 0 radical (unpaired) electrons. The van der Waals surface area contributed by atoms with Gasteiger partial charge in [-0.3, -0.25) is 14.7 Å². The van der Waals surface area contributed by atoms with Crippen LogP contribution >= 0.6 is 0 Å². The van der Waals surface area contributed by atoms with Crippen molar-refractivity contribution >= 4 is 22.5 Å². The minimum absolute atomic E-state index is 0.0529. The van der Waals surface area contributed by atoms with Gasteiger partial charge in [-0.05, 0) is 36.4 Å². The van der Waals surface area contributed by atoms with Gasteiger partial charge < -0.3 is 10.3 Å². The van der Waals surface area contributed by atoms with E-state index >= 15 is 0 Å². The van der Waals surface area contributed by atoms with Gasteiger partial charge in [-0.15, -0.1) is 0 Å². The predicted molar refractivity (Wildman–Crippen MR) is 92.0 cm³/mol. The van der Waals surface area contributed by atoms with Crippen LogP contribution < -0.4 is 5.32 Å². The SMILES string of the molecule is CC(=O)Nc1cccc(CN(C)Cc2c[nH]c3cnccc23)c1. The molecule has 0 unspecified atom stereocenters. The highest BCUT2D eigenvalue weighted by Crippen LogP contribution is 2.19. The molecule has 2 aromatic heterocycles. The van der Waals surface area contributed by atoms with Crippen molar-refractivity contribution in [2.24, 2.45) is 0 Å². The number of nitrogens with one attached hydrogen (secondary N) is 2. The van der Waals surface area contributed by atoms with Gasteiger partial charge in [-0.1, -0.05) is 12.1 Å². The van der Waals surface area contributed by atoms with Crippen LogP contribution in [0.1, 0.15) is 18.1 Å². The maximum Gasteiger partial charge on any atom is 0.221 e. The van der Waals surface area contributed by atoms with E-state index in [9.17, 15) is 4.79 Å². The molecule has 3 aromatic rings. The predicted octanol–water partition coefficient (Wildman–Crippen LogP) is 3.15. The first kappa shape index (κ1) is 15.2. The van der Waals surface area contributed by atoms with E-state index in [-0.39, 0.29) is 5.91 Å². The van der Waals surface area contributed by atoms with Crippen LogP contribution in [-0.2, 0) is 17.9 Å². The van der Waals surface area contributed by atoms with E-state index in [0.29, 0.717) is 0 Å². The Hall–Kier alpha value is -2.66. The number of fused-ring (bicyclic) bond motifs is 1. The summed E-state index contributed by atoms with van der Waals surface area (Å²) in [7, 11) is 2.09. The third-order valence-electron chi connectivity index (χ3n) is 3.71. The molecule has 0 bridgehead atoms. The average molecular weight is 308 g/mol. The summed E-state index contributed by atoms with van der Waals surface area (Å²) >= 11 is 0. The van der Waals surface area contributed by atoms with Gasteiger partial charge in [0.15, 0.2) is 0 Å². The molecule has 0 aliphatic heterocycles. The van der Waals surface area contributed by atoms with Crippen LogP contribution in [0.3, 0.4) is 0 Å². The van der Waals surface area contributed by atoms with Gasteiger partial charge in [-0.25, -0.2) is 0 Å². The van der Waals surface area contributed by atoms with Gasteiger partial charge in [0.1, 0.15) is 0 Å². The van der Waals surface area contributed by atoms with Gasteiger partial charge >= 0.3 is 0 Å². The minimum atomic E-state index is -0.0529. The Morgan fingerprint density at radius 2 is 2.17 bits per heavy atom. The maximum atomic E-state index is 11.2. The van der Waals surface area contributed by atoms with E-state index in [4.69, 9.17) is 0 Å². The molecule has 0 spiro atoms. The number of H-pyrrole nitrogens is 1. The lowest BCUT2D eigenvalue weighted by Crippen LogP contribution is -2.17. The molecule has 0 aliphatic carbocycles. The number of aromatic nitrogens is 2. The molecule has 2 heterocycles. The largest absolute Gasteiger partial charge is 0.360 e. The molecule has 23 heavy (non-hydrogen) atoms. The highest BCUT2D eigenvalue weighted by Gasteiger charge is 2.07. The summed E-state index contributed by atoms with van der Waals surface area (Å²) in [6.07, 6.45) is 5.70. The Kier molecular flexibility index (Phi) is 4.39. The van der Waals surface area contributed by atoms with E-state index in [1.54, 1.807) is 0 Å². The van der Waals surface area contributed by atoms with E-state index in [1.807, 2.05) is 42.9 Å². The number of pyridine rings is 1. The summed E-state index contributed by atoms with van der Waals surface area (Å²) in [5.41, 5.74) is 4.31. The zero-order chi connectivity index (χ0) is 16.2. The maximum absolute atomic E-state index is 11.2. The number of anilines is 1. The Morgan fingerprint density at radius 1 is 1.30 bits per heavy atom. The molecule has 0 fully saturated rings. The monoisotopic (exact) mass is 308 g/mol. The van der Waals surface area contributed by atoms with Gasteiger partial charge in [0.2, 0.25) is 5.91 Å². The smallest absolute Gasteiger partial charge is 0.221 e. The quantitative estimate of drug-likeness (QED) is 0.761. The number of benzene rings is 1. The number of hydrogen-bond acceptors (Lipinski definition) is 3. The Balaban J connectivity index is 1.69. The normalized spacial score (nSPS) is 11.1. The van der Waals surface area contributed by atoms with Crippen molar-refractivity contribution in [1.29, 1.82) is 0 Å². The summed E-state index contributed by atoms with van der Waals surface area (Å²) in [4.78, 5) is 20.8. The summed E-state index contributed by atoms with van der Waals surface area (Å²) in [5.74, 6) is -0.0529. The lowest BCUT2D eigenvalue weighted by atomic mass is 10.1. The van der Waals surface area contributed by atoms with Gasteiger partial charge in [0.05, 0.1) is 11.7 Å².